The van der Waals surface area contributed by atoms with E-state index < -0.39 is 0 Å². The van der Waals surface area contributed by atoms with Crippen molar-refractivity contribution in [3.05, 3.63) is 181 Å². The predicted octanol–water partition coefficient (Wildman–Crippen LogP) is 12.8. The first kappa shape index (κ1) is 31.5. The molecule has 0 amide bonds. The predicted molar refractivity (Wildman–Crippen MR) is 218 cm³/mol. The molecule has 0 bridgehead atoms. The van der Waals surface area contributed by atoms with E-state index in [1.54, 1.807) is 0 Å². The molecule has 4 nitrogen and oxygen atoms in total. The highest BCUT2D eigenvalue weighted by atomic mass is 15.1. The third-order valence-electron chi connectivity index (χ3n) is 9.89. The van der Waals surface area contributed by atoms with Gasteiger partial charge in [0.2, 0.25) is 0 Å². The van der Waals surface area contributed by atoms with Gasteiger partial charge < -0.3 is 9.47 Å². The number of hydrogen-bond acceptors (Lipinski definition) is 3. The first-order valence-corrected chi connectivity index (χ1v) is 17.8. The molecule has 0 radical (unpaired) electrons. The van der Waals surface area contributed by atoms with Gasteiger partial charge in [0.25, 0.3) is 0 Å². The van der Waals surface area contributed by atoms with E-state index in [0.717, 1.165) is 56.3 Å². The Morgan fingerprint density at radius 2 is 1.04 bits per heavy atom. The number of aromatic nitrogens is 3. The van der Waals surface area contributed by atoms with E-state index >= 15 is 0 Å². The molecule has 0 aliphatic rings. The molecule has 9 aromatic rings. The molecular formula is C48H38N4. The van der Waals surface area contributed by atoms with Crippen molar-refractivity contribution in [2.75, 3.05) is 4.90 Å². The topological polar surface area (TPSA) is 34.0 Å². The molecule has 52 heavy (non-hydrogen) atoms. The molecule has 0 aliphatic carbocycles. The van der Waals surface area contributed by atoms with Crippen molar-refractivity contribution in [2.45, 2.75) is 26.2 Å². The quantitative estimate of drug-likeness (QED) is 0.177. The fourth-order valence-electron chi connectivity index (χ4n) is 7.43. The van der Waals surface area contributed by atoms with Crippen LogP contribution >= 0.6 is 0 Å². The first-order chi connectivity index (χ1) is 25.4. The smallest absolute Gasteiger partial charge is 0.0973 e. The monoisotopic (exact) mass is 670 g/mol. The van der Waals surface area contributed by atoms with Crippen molar-refractivity contribution in [3.8, 4) is 28.2 Å². The van der Waals surface area contributed by atoms with Crippen molar-refractivity contribution in [2.24, 2.45) is 0 Å². The summed E-state index contributed by atoms with van der Waals surface area (Å²) in [5.41, 5.74) is 13.6. The van der Waals surface area contributed by atoms with E-state index in [-0.39, 0.29) is 5.41 Å². The van der Waals surface area contributed by atoms with Crippen LogP contribution in [0.2, 0.25) is 0 Å². The summed E-state index contributed by atoms with van der Waals surface area (Å²) >= 11 is 0. The molecule has 0 spiro atoms. The molecule has 0 fully saturated rings. The van der Waals surface area contributed by atoms with E-state index in [1.807, 2.05) is 6.07 Å². The number of anilines is 3. The molecule has 9 rings (SSSR count). The van der Waals surface area contributed by atoms with Crippen LogP contribution in [0.15, 0.2) is 176 Å². The molecule has 2 aromatic heterocycles. The van der Waals surface area contributed by atoms with E-state index in [2.05, 4.69) is 200 Å². The van der Waals surface area contributed by atoms with Crippen LogP contribution in [0.4, 0.5) is 17.1 Å². The minimum Gasteiger partial charge on any atom is -0.310 e. The van der Waals surface area contributed by atoms with Crippen LogP contribution in [0, 0.1) is 0 Å². The lowest BCUT2D eigenvalue weighted by Gasteiger charge is -2.26. The third-order valence-corrected chi connectivity index (χ3v) is 9.89. The Morgan fingerprint density at radius 3 is 1.77 bits per heavy atom. The van der Waals surface area contributed by atoms with E-state index in [4.69, 9.17) is 9.97 Å². The van der Waals surface area contributed by atoms with Crippen molar-refractivity contribution in [1.29, 1.82) is 0 Å². The van der Waals surface area contributed by atoms with Crippen LogP contribution in [-0.4, -0.2) is 14.5 Å². The van der Waals surface area contributed by atoms with Crippen LogP contribution in [-0.2, 0) is 5.41 Å². The number of para-hydroxylation sites is 4. The Balaban J connectivity index is 1.19. The van der Waals surface area contributed by atoms with Crippen molar-refractivity contribution < 1.29 is 0 Å². The van der Waals surface area contributed by atoms with Crippen molar-refractivity contribution in [3.63, 3.8) is 0 Å². The molecule has 7 aromatic carbocycles. The van der Waals surface area contributed by atoms with E-state index in [0.29, 0.717) is 0 Å². The molecular weight excluding hydrogens is 633 g/mol. The van der Waals surface area contributed by atoms with Crippen LogP contribution < -0.4 is 4.90 Å². The summed E-state index contributed by atoms with van der Waals surface area (Å²) in [6, 6.07) is 62.2. The summed E-state index contributed by atoms with van der Waals surface area (Å²) in [6.07, 6.45) is 0. The fourth-order valence-corrected chi connectivity index (χ4v) is 7.43. The molecule has 0 N–H and O–H groups in total. The summed E-state index contributed by atoms with van der Waals surface area (Å²) < 4.78 is 2.36. The Hall–Kier alpha value is -6.52. The van der Waals surface area contributed by atoms with E-state index in [9.17, 15) is 0 Å². The summed E-state index contributed by atoms with van der Waals surface area (Å²) in [6.45, 7) is 6.70. The Bertz CT molecular complexity index is 2690. The van der Waals surface area contributed by atoms with Crippen molar-refractivity contribution in [1.82, 2.24) is 14.5 Å². The van der Waals surface area contributed by atoms with Gasteiger partial charge in [0.05, 0.1) is 33.5 Å². The van der Waals surface area contributed by atoms with Gasteiger partial charge in [0.15, 0.2) is 0 Å². The lowest BCUT2D eigenvalue weighted by Crippen LogP contribution is -2.13. The zero-order valence-electron chi connectivity index (χ0n) is 29.5. The van der Waals surface area contributed by atoms with Crippen LogP contribution in [0.5, 0.6) is 0 Å². The second kappa shape index (κ2) is 12.7. The van der Waals surface area contributed by atoms with Gasteiger partial charge in [-0.2, -0.15) is 0 Å². The van der Waals surface area contributed by atoms with Gasteiger partial charge in [-0.25, -0.2) is 9.97 Å². The first-order valence-electron chi connectivity index (χ1n) is 17.8. The normalized spacial score (nSPS) is 11.8. The SMILES string of the molecule is CC(C)(C)c1cccc2nc(-c3ccc(N(c4ccccc4)c4ccc5c(c4)c4ccccc4n5-c4ccccc4)cc3)c(-c3ccccc3)nc12. The number of hydrogen-bond donors (Lipinski definition) is 0. The summed E-state index contributed by atoms with van der Waals surface area (Å²) in [7, 11) is 0. The number of fused-ring (bicyclic) bond motifs is 4. The summed E-state index contributed by atoms with van der Waals surface area (Å²) in [5, 5.41) is 2.44. The maximum Gasteiger partial charge on any atom is 0.0973 e. The summed E-state index contributed by atoms with van der Waals surface area (Å²) in [5.74, 6) is 0. The number of nitrogens with zero attached hydrogens (tertiary/aromatic N) is 4. The zero-order chi connectivity index (χ0) is 35.2. The zero-order valence-corrected chi connectivity index (χ0v) is 29.5. The van der Waals surface area contributed by atoms with Gasteiger partial charge in [-0.1, -0.05) is 130 Å². The summed E-state index contributed by atoms with van der Waals surface area (Å²) in [4.78, 5) is 13.0. The average molecular weight is 671 g/mol. The second-order valence-electron chi connectivity index (χ2n) is 14.3. The Morgan fingerprint density at radius 1 is 0.462 bits per heavy atom. The minimum atomic E-state index is -0.0638. The van der Waals surface area contributed by atoms with Gasteiger partial charge >= 0.3 is 0 Å². The molecule has 0 saturated heterocycles. The van der Waals surface area contributed by atoms with Gasteiger partial charge in [0.1, 0.15) is 0 Å². The van der Waals surface area contributed by atoms with Gasteiger partial charge in [-0.3, -0.25) is 0 Å². The van der Waals surface area contributed by atoms with E-state index in [1.165, 1.54) is 27.4 Å². The van der Waals surface area contributed by atoms with Gasteiger partial charge in [0, 0.05) is 44.6 Å². The lowest BCUT2D eigenvalue weighted by atomic mass is 9.86. The maximum atomic E-state index is 5.34. The number of rotatable bonds is 6. The van der Waals surface area contributed by atoms with Crippen LogP contribution in [0.1, 0.15) is 26.3 Å². The molecule has 4 heteroatoms. The maximum absolute atomic E-state index is 5.34. The standard InChI is InChI=1S/C48H38N4/c1-48(2,3)41-23-15-24-42-47(41)50-46(33-16-7-4-8-17-33)45(49-42)34-26-28-37(29-27-34)51(35-18-9-5-10-19-35)38-30-31-44-40(32-38)39-22-13-14-25-43(39)52(44)36-20-11-6-12-21-36/h4-32H,1-3H3. The average Bonchev–Trinajstić information content (AvgIpc) is 3.52. The fraction of sp³-hybridized carbons (Fsp3) is 0.0833. The Labute approximate surface area is 304 Å². The Kier molecular flexibility index (Phi) is 7.66. The van der Waals surface area contributed by atoms with Crippen LogP contribution in [0.25, 0.3) is 61.0 Å². The lowest BCUT2D eigenvalue weighted by molar-refractivity contribution is 0.594. The highest BCUT2D eigenvalue weighted by molar-refractivity contribution is 6.10. The van der Waals surface area contributed by atoms with Gasteiger partial charge in [-0.05, 0) is 77.7 Å². The van der Waals surface area contributed by atoms with Gasteiger partial charge in [-0.15, -0.1) is 0 Å². The van der Waals surface area contributed by atoms with Crippen molar-refractivity contribution >= 4 is 49.9 Å². The molecule has 2 heterocycles. The molecule has 0 aliphatic heterocycles. The molecule has 0 saturated carbocycles. The molecule has 0 atom stereocenters. The number of benzene rings is 7. The second-order valence-corrected chi connectivity index (χ2v) is 14.3. The highest BCUT2D eigenvalue weighted by Crippen LogP contribution is 2.41. The highest BCUT2D eigenvalue weighted by Gasteiger charge is 2.22. The van der Waals surface area contributed by atoms with Crippen LogP contribution in [0.3, 0.4) is 0 Å². The molecule has 250 valence electrons. The molecule has 0 unspecified atom stereocenters. The third kappa shape index (κ3) is 5.50. The largest absolute Gasteiger partial charge is 0.310 e. The minimum absolute atomic E-state index is 0.0638.